The molecule has 0 amide bonds. The molecule has 0 unspecified atom stereocenters. The second kappa shape index (κ2) is 6.60. The summed E-state index contributed by atoms with van der Waals surface area (Å²) in [6.07, 6.45) is 0. The number of non-ortho nitro benzene ring substituents is 1. The number of aliphatic hydroxyl groups excluding tert-OH is 1. The van der Waals surface area contributed by atoms with Gasteiger partial charge >= 0.3 is 10.1 Å². The number of nitrogens with zero attached hydrogens (tertiary/aromatic N) is 2. The Morgan fingerprint density at radius 3 is 2.12 bits per heavy atom. The van der Waals surface area contributed by atoms with Gasteiger partial charge in [0.2, 0.25) is 0 Å². The highest BCUT2D eigenvalue weighted by molar-refractivity contribution is 7.87. The van der Waals surface area contributed by atoms with Crippen molar-refractivity contribution in [1.29, 1.82) is 0 Å². The fourth-order valence-electron chi connectivity index (χ4n) is 1.80. The lowest BCUT2D eigenvalue weighted by Gasteiger charge is -2.08. The molecule has 0 radical (unpaired) electrons. The summed E-state index contributed by atoms with van der Waals surface area (Å²) in [6.45, 7) is -0.249. The van der Waals surface area contributed by atoms with E-state index in [-0.39, 0.29) is 12.4 Å². The molecule has 0 atom stereocenters. The van der Waals surface area contributed by atoms with Gasteiger partial charge in [-0.25, -0.2) is 0 Å². The van der Waals surface area contributed by atoms with Gasteiger partial charge in [-0.1, -0.05) is 12.1 Å². The van der Waals surface area contributed by atoms with E-state index in [1.165, 1.54) is 24.3 Å². The Balaban J connectivity index is 2.44. The number of nitro groups is 2. The highest BCUT2D eigenvalue weighted by Crippen LogP contribution is 2.30. The van der Waals surface area contributed by atoms with Crippen LogP contribution in [-0.2, 0) is 16.7 Å². The molecule has 0 aliphatic carbocycles. The van der Waals surface area contributed by atoms with E-state index in [9.17, 15) is 28.6 Å². The van der Waals surface area contributed by atoms with E-state index >= 15 is 0 Å². The Labute approximate surface area is 135 Å². The monoisotopic (exact) mass is 354 g/mol. The Kier molecular flexibility index (Phi) is 4.76. The van der Waals surface area contributed by atoms with Crippen molar-refractivity contribution < 1.29 is 27.6 Å². The third kappa shape index (κ3) is 3.64. The fourth-order valence-corrected chi connectivity index (χ4v) is 2.87. The van der Waals surface area contributed by atoms with Gasteiger partial charge in [-0.05, 0) is 23.8 Å². The molecule has 0 bridgehead atoms. The van der Waals surface area contributed by atoms with E-state index in [2.05, 4.69) is 0 Å². The molecule has 0 heterocycles. The molecule has 0 aliphatic rings. The van der Waals surface area contributed by atoms with Crippen molar-refractivity contribution in [3.05, 3.63) is 68.3 Å². The van der Waals surface area contributed by atoms with Gasteiger partial charge in [0.05, 0.1) is 22.5 Å². The van der Waals surface area contributed by atoms with E-state index in [4.69, 9.17) is 9.29 Å². The highest BCUT2D eigenvalue weighted by atomic mass is 32.2. The molecule has 11 heteroatoms. The Morgan fingerprint density at radius 1 is 1.00 bits per heavy atom. The second-order valence-electron chi connectivity index (χ2n) is 4.51. The topological polar surface area (TPSA) is 150 Å². The number of rotatable bonds is 6. The molecule has 1 N–H and O–H groups in total. The summed E-state index contributed by atoms with van der Waals surface area (Å²) < 4.78 is 29.2. The van der Waals surface area contributed by atoms with E-state index in [0.29, 0.717) is 11.6 Å². The molecule has 0 aliphatic heterocycles. The van der Waals surface area contributed by atoms with Gasteiger partial charge in [-0.15, -0.1) is 0 Å². The van der Waals surface area contributed by atoms with Crippen LogP contribution < -0.4 is 4.18 Å². The van der Waals surface area contributed by atoms with Crippen LogP contribution >= 0.6 is 0 Å². The largest absolute Gasteiger partial charge is 0.392 e. The number of benzene rings is 2. The van der Waals surface area contributed by atoms with Gasteiger partial charge in [0, 0.05) is 6.07 Å². The predicted octanol–water partition coefficient (Wildman–Crippen LogP) is 1.76. The van der Waals surface area contributed by atoms with Crippen molar-refractivity contribution in [3.8, 4) is 5.75 Å². The van der Waals surface area contributed by atoms with Crippen LogP contribution in [0.4, 0.5) is 11.4 Å². The van der Waals surface area contributed by atoms with Crippen LogP contribution in [0.2, 0.25) is 0 Å². The van der Waals surface area contributed by atoms with Crippen molar-refractivity contribution in [1.82, 2.24) is 0 Å². The molecular weight excluding hydrogens is 344 g/mol. The van der Waals surface area contributed by atoms with Crippen LogP contribution in [-0.4, -0.2) is 23.4 Å². The third-order valence-corrected chi connectivity index (χ3v) is 4.23. The lowest BCUT2D eigenvalue weighted by atomic mass is 10.2. The van der Waals surface area contributed by atoms with Crippen LogP contribution in [0.15, 0.2) is 47.4 Å². The van der Waals surface area contributed by atoms with Crippen molar-refractivity contribution in [2.24, 2.45) is 0 Å². The lowest BCUT2D eigenvalue weighted by Crippen LogP contribution is -2.12. The first-order chi connectivity index (χ1) is 11.2. The highest BCUT2D eigenvalue weighted by Gasteiger charge is 2.30. The zero-order chi connectivity index (χ0) is 17.9. The maximum Gasteiger partial charge on any atom is 0.346 e. The van der Waals surface area contributed by atoms with Crippen LogP contribution in [0.1, 0.15) is 5.56 Å². The summed E-state index contributed by atoms with van der Waals surface area (Å²) >= 11 is 0. The van der Waals surface area contributed by atoms with Crippen LogP contribution in [0.3, 0.4) is 0 Å². The minimum atomic E-state index is -4.58. The van der Waals surface area contributed by atoms with Gasteiger partial charge in [-0.2, -0.15) is 8.42 Å². The minimum Gasteiger partial charge on any atom is -0.392 e. The Hall–Kier alpha value is -3.05. The van der Waals surface area contributed by atoms with Gasteiger partial charge in [-0.3, -0.25) is 20.2 Å². The summed E-state index contributed by atoms with van der Waals surface area (Å²) in [4.78, 5) is 19.0. The average molecular weight is 354 g/mol. The van der Waals surface area contributed by atoms with Gasteiger partial charge in [0.1, 0.15) is 5.75 Å². The summed E-state index contributed by atoms with van der Waals surface area (Å²) in [7, 11) is -4.58. The normalized spacial score (nSPS) is 11.0. The zero-order valence-corrected chi connectivity index (χ0v) is 12.7. The van der Waals surface area contributed by atoms with Crippen molar-refractivity contribution >= 4 is 21.5 Å². The molecule has 2 aromatic carbocycles. The summed E-state index contributed by atoms with van der Waals surface area (Å²) in [6, 6.07) is 7.47. The first-order valence-corrected chi connectivity index (χ1v) is 7.72. The quantitative estimate of drug-likeness (QED) is 0.468. The second-order valence-corrected chi connectivity index (χ2v) is 6.02. The SMILES string of the molecule is O=[N+]([O-])c1ccc(S(=O)(=O)Oc2ccc(CO)cc2)c([N+](=O)[O-])c1. The van der Waals surface area contributed by atoms with Gasteiger partial charge in [0.25, 0.3) is 11.4 Å². The van der Waals surface area contributed by atoms with Gasteiger partial charge < -0.3 is 9.29 Å². The standard InChI is InChI=1S/C13H10N2O8S/c16-8-9-1-4-11(5-2-9)23-24(21,22)13-6-3-10(14(17)18)7-12(13)15(19)20/h1-7,16H,8H2. The smallest absolute Gasteiger partial charge is 0.346 e. The maximum atomic E-state index is 12.2. The number of aliphatic hydroxyl groups is 1. The van der Waals surface area contributed by atoms with E-state index in [1.54, 1.807) is 0 Å². The Bertz CT molecular complexity index is 893. The number of hydrogen-bond acceptors (Lipinski definition) is 8. The van der Waals surface area contributed by atoms with Crippen LogP contribution in [0, 0.1) is 20.2 Å². The van der Waals surface area contributed by atoms with E-state index in [1.807, 2.05) is 0 Å². The van der Waals surface area contributed by atoms with Crippen molar-refractivity contribution in [2.75, 3.05) is 0 Å². The third-order valence-electron chi connectivity index (χ3n) is 2.93. The molecule has 10 nitrogen and oxygen atoms in total. The molecular formula is C13H10N2O8S. The van der Waals surface area contributed by atoms with E-state index in [0.717, 1.165) is 12.1 Å². The number of hydrogen-bond donors (Lipinski definition) is 1. The molecule has 0 spiro atoms. The average Bonchev–Trinajstić information content (AvgIpc) is 2.54. The summed E-state index contributed by atoms with van der Waals surface area (Å²) in [5.41, 5.74) is -1.06. The molecule has 126 valence electrons. The Morgan fingerprint density at radius 2 is 1.62 bits per heavy atom. The van der Waals surface area contributed by atoms with Crippen molar-refractivity contribution in [2.45, 2.75) is 11.5 Å². The van der Waals surface area contributed by atoms with Gasteiger partial charge in [0.15, 0.2) is 4.90 Å². The first kappa shape index (κ1) is 17.3. The fraction of sp³-hybridized carbons (Fsp3) is 0.0769. The molecule has 0 saturated heterocycles. The van der Waals surface area contributed by atoms with Crippen LogP contribution in [0.25, 0.3) is 0 Å². The predicted molar refractivity (Wildman–Crippen MR) is 79.9 cm³/mol. The molecule has 2 rings (SSSR count). The lowest BCUT2D eigenvalue weighted by molar-refractivity contribution is -0.396. The molecule has 0 fully saturated rings. The molecule has 2 aromatic rings. The van der Waals surface area contributed by atoms with E-state index < -0.39 is 36.2 Å². The minimum absolute atomic E-state index is 0.125. The summed E-state index contributed by atoms with van der Waals surface area (Å²) in [5, 5.41) is 30.6. The molecule has 24 heavy (non-hydrogen) atoms. The molecule has 0 aromatic heterocycles. The first-order valence-electron chi connectivity index (χ1n) is 6.31. The van der Waals surface area contributed by atoms with Crippen LogP contribution in [0.5, 0.6) is 5.75 Å². The molecule has 0 saturated carbocycles. The zero-order valence-electron chi connectivity index (χ0n) is 11.9. The number of nitro benzene ring substituents is 2. The van der Waals surface area contributed by atoms with Crippen molar-refractivity contribution in [3.63, 3.8) is 0 Å². The maximum absolute atomic E-state index is 12.2. The summed E-state index contributed by atoms with van der Waals surface area (Å²) in [5.74, 6) is -0.125.